The Bertz CT molecular complexity index is 621. The average Bonchev–Trinajstić information content (AvgIpc) is 2.48. The predicted molar refractivity (Wildman–Crippen MR) is 80.6 cm³/mol. The van der Waals surface area contributed by atoms with E-state index >= 15 is 0 Å². The van der Waals surface area contributed by atoms with Gasteiger partial charge in [-0.1, -0.05) is 48.5 Å². The van der Waals surface area contributed by atoms with E-state index in [1.807, 2.05) is 42.5 Å². The van der Waals surface area contributed by atoms with Crippen molar-refractivity contribution in [1.82, 2.24) is 0 Å². The first-order valence-electron chi connectivity index (χ1n) is 7.23. The third-order valence-corrected chi connectivity index (χ3v) is 3.93. The number of para-hydroxylation sites is 1. The maximum atomic E-state index is 11.1. The number of benzene rings is 2. The molecule has 0 bridgehead atoms. The molecule has 1 aliphatic rings. The molecule has 3 nitrogen and oxygen atoms in total. The summed E-state index contributed by atoms with van der Waals surface area (Å²) in [4.78, 5) is 11.1. The summed E-state index contributed by atoms with van der Waals surface area (Å²) in [5.74, 6) is 0.104. The van der Waals surface area contributed by atoms with Gasteiger partial charge >= 0.3 is 5.97 Å². The standard InChI is InChI=1S/C18H18O3/c19-18(20)12-14-11-15(10-13-6-2-1-3-7-13)21-17-9-5-4-8-16(14)17/h1-9,14-15H,10-12H2,(H,19,20). The Labute approximate surface area is 124 Å². The highest BCUT2D eigenvalue weighted by molar-refractivity contribution is 5.68. The van der Waals surface area contributed by atoms with Crippen molar-refractivity contribution in [3.05, 3.63) is 65.7 Å². The lowest BCUT2D eigenvalue weighted by molar-refractivity contribution is -0.137. The number of hydrogen-bond donors (Lipinski definition) is 1. The molecular weight excluding hydrogens is 264 g/mol. The summed E-state index contributed by atoms with van der Waals surface area (Å²) in [7, 11) is 0. The van der Waals surface area contributed by atoms with Crippen LogP contribution in [0.4, 0.5) is 0 Å². The Kier molecular flexibility index (Phi) is 3.91. The second kappa shape index (κ2) is 6.00. The summed E-state index contributed by atoms with van der Waals surface area (Å²) in [5.41, 5.74) is 2.24. The molecule has 108 valence electrons. The molecule has 1 heterocycles. The summed E-state index contributed by atoms with van der Waals surface area (Å²) in [5, 5.41) is 9.13. The Balaban J connectivity index is 1.81. The van der Waals surface area contributed by atoms with Gasteiger partial charge < -0.3 is 9.84 Å². The highest BCUT2D eigenvalue weighted by Gasteiger charge is 2.29. The van der Waals surface area contributed by atoms with Crippen LogP contribution in [0.2, 0.25) is 0 Å². The number of carboxylic acids is 1. The quantitative estimate of drug-likeness (QED) is 0.931. The third kappa shape index (κ3) is 3.24. The second-order valence-corrected chi connectivity index (χ2v) is 5.50. The minimum absolute atomic E-state index is 0.0289. The Morgan fingerprint density at radius 2 is 1.81 bits per heavy atom. The summed E-state index contributed by atoms with van der Waals surface area (Å²) in [6.07, 6.45) is 1.75. The number of carbonyl (C=O) groups is 1. The van der Waals surface area contributed by atoms with Crippen LogP contribution >= 0.6 is 0 Å². The van der Waals surface area contributed by atoms with Crippen LogP contribution in [0.1, 0.15) is 29.9 Å². The fourth-order valence-electron chi connectivity index (χ4n) is 3.00. The minimum atomic E-state index is -0.754. The van der Waals surface area contributed by atoms with Crippen molar-refractivity contribution in [1.29, 1.82) is 0 Å². The third-order valence-electron chi connectivity index (χ3n) is 3.93. The van der Waals surface area contributed by atoms with Crippen LogP contribution in [0, 0.1) is 0 Å². The van der Waals surface area contributed by atoms with Crippen LogP contribution in [0.25, 0.3) is 0 Å². The zero-order valence-electron chi connectivity index (χ0n) is 11.7. The van der Waals surface area contributed by atoms with Gasteiger partial charge in [0.15, 0.2) is 0 Å². The van der Waals surface area contributed by atoms with Gasteiger partial charge in [-0.05, 0) is 23.6 Å². The van der Waals surface area contributed by atoms with E-state index in [-0.39, 0.29) is 18.4 Å². The predicted octanol–water partition coefficient (Wildman–Crippen LogP) is 3.64. The van der Waals surface area contributed by atoms with E-state index in [0.29, 0.717) is 0 Å². The number of fused-ring (bicyclic) bond motifs is 1. The van der Waals surface area contributed by atoms with Crippen LogP contribution < -0.4 is 4.74 Å². The van der Waals surface area contributed by atoms with Gasteiger partial charge in [0.25, 0.3) is 0 Å². The molecule has 0 aliphatic carbocycles. The van der Waals surface area contributed by atoms with Crippen LogP contribution in [0.3, 0.4) is 0 Å². The van der Waals surface area contributed by atoms with E-state index in [9.17, 15) is 4.79 Å². The van der Waals surface area contributed by atoms with E-state index in [2.05, 4.69) is 12.1 Å². The number of carboxylic acid groups (broad SMARTS) is 1. The highest BCUT2D eigenvalue weighted by Crippen LogP contribution is 2.38. The lowest BCUT2D eigenvalue weighted by Gasteiger charge is -2.31. The van der Waals surface area contributed by atoms with Crippen molar-refractivity contribution in [2.45, 2.75) is 31.3 Å². The van der Waals surface area contributed by atoms with E-state index in [0.717, 1.165) is 24.2 Å². The first-order valence-corrected chi connectivity index (χ1v) is 7.23. The van der Waals surface area contributed by atoms with Crippen molar-refractivity contribution >= 4 is 5.97 Å². The molecule has 0 fully saturated rings. The molecule has 0 saturated heterocycles. The van der Waals surface area contributed by atoms with Crippen molar-refractivity contribution in [3.63, 3.8) is 0 Å². The van der Waals surface area contributed by atoms with E-state index in [4.69, 9.17) is 9.84 Å². The van der Waals surface area contributed by atoms with Crippen LogP contribution in [0.5, 0.6) is 5.75 Å². The van der Waals surface area contributed by atoms with Crippen molar-refractivity contribution in [3.8, 4) is 5.75 Å². The average molecular weight is 282 g/mol. The van der Waals surface area contributed by atoms with Crippen LogP contribution in [-0.4, -0.2) is 17.2 Å². The smallest absolute Gasteiger partial charge is 0.303 e. The topological polar surface area (TPSA) is 46.5 Å². The monoisotopic (exact) mass is 282 g/mol. The fraction of sp³-hybridized carbons (Fsp3) is 0.278. The zero-order chi connectivity index (χ0) is 14.7. The Morgan fingerprint density at radius 1 is 1.10 bits per heavy atom. The molecule has 2 atom stereocenters. The van der Waals surface area contributed by atoms with Gasteiger partial charge in [-0.2, -0.15) is 0 Å². The maximum absolute atomic E-state index is 11.1. The first-order chi connectivity index (χ1) is 10.2. The second-order valence-electron chi connectivity index (χ2n) is 5.50. The summed E-state index contributed by atoms with van der Waals surface area (Å²) in [6.45, 7) is 0. The SMILES string of the molecule is O=C(O)CC1CC(Cc2ccccc2)Oc2ccccc21. The molecule has 0 spiro atoms. The molecule has 0 amide bonds. The number of aliphatic carboxylic acids is 1. The molecule has 1 aliphatic heterocycles. The molecule has 0 radical (unpaired) electrons. The Hall–Kier alpha value is -2.29. The molecule has 21 heavy (non-hydrogen) atoms. The Morgan fingerprint density at radius 3 is 2.57 bits per heavy atom. The lowest BCUT2D eigenvalue weighted by atomic mass is 9.85. The van der Waals surface area contributed by atoms with Crippen LogP contribution in [-0.2, 0) is 11.2 Å². The molecular formula is C18H18O3. The molecule has 2 unspecified atom stereocenters. The van der Waals surface area contributed by atoms with Gasteiger partial charge in [0.05, 0.1) is 6.42 Å². The van der Waals surface area contributed by atoms with E-state index in [1.54, 1.807) is 0 Å². The molecule has 1 N–H and O–H groups in total. The van der Waals surface area contributed by atoms with Gasteiger partial charge in [-0.25, -0.2) is 0 Å². The van der Waals surface area contributed by atoms with Gasteiger partial charge in [0, 0.05) is 12.3 Å². The molecule has 3 rings (SSSR count). The van der Waals surface area contributed by atoms with Crippen molar-refractivity contribution < 1.29 is 14.6 Å². The molecule has 0 aromatic heterocycles. The van der Waals surface area contributed by atoms with Crippen molar-refractivity contribution in [2.24, 2.45) is 0 Å². The largest absolute Gasteiger partial charge is 0.490 e. The fourth-order valence-corrected chi connectivity index (χ4v) is 3.00. The summed E-state index contributed by atoms with van der Waals surface area (Å²) in [6, 6.07) is 18.0. The number of hydrogen-bond acceptors (Lipinski definition) is 2. The van der Waals surface area contributed by atoms with E-state index in [1.165, 1.54) is 5.56 Å². The highest BCUT2D eigenvalue weighted by atomic mass is 16.5. The first kappa shape index (κ1) is 13.7. The van der Waals surface area contributed by atoms with Gasteiger partial charge in [0.1, 0.15) is 11.9 Å². The van der Waals surface area contributed by atoms with Gasteiger partial charge in [0.2, 0.25) is 0 Å². The molecule has 2 aromatic rings. The molecule has 3 heteroatoms. The normalized spacial score (nSPS) is 20.4. The maximum Gasteiger partial charge on any atom is 0.303 e. The summed E-state index contributed by atoms with van der Waals surface area (Å²) < 4.78 is 6.05. The minimum Gasteiger partial charge on any atom is -0.490 e. The lowest BCUT2D eigenvalue weighted by Crippen LogP contribution is -2.28. The molecule has 2 aromatic carbocycles. The van der Waals surface area contributed by atoms with Gasteiger partial charge in [-0.15, -0.1) is 0 Å². The van der Waals surface area contributed by atoms with Gasteiger partial charge in [-0.3, -0.25) is 4.79 Å². The molecule has 0 saturated carbocycles. The van der Waals surface area contributed by atoms with Crippen molar-refractivity contribution in [2.75, 3.05) is 0 Å². The zero-order valence-corrected chi connectivity index (χ0v) is 11.7. The number of ether oxygens (including phenoxy) is 1. The number of rotatable bonds is 4. The van der Waals surface area contributed by atoms with E-state index < -0.39 is 5.97 Å². The summed E-state index contributed by atoms with van der Waals surface area (Å²) >= 11 is 0. The van der Waals surface area contributed by atoms with Crippen LogP contribution in [0.15, 0.2) is 54.6 Å².